The lowest BCUT2D eigenvalue weighted by Gasteiger charge is -1.97. The second kappa shape index (κ2) is 3.58. The fourth-order valence-corrected chi connectivity index (χ4v) is 1.93. The van der Waals surface area contributed by atoms with Crippen molar-refractivity contribution in [2.45, 2.75) is 0 Å². The van der Waals surface area contributed by atoms with Gasteiger partial charge >= 0.3 is 7.12 Å². The van der Waals surface area contributed by atoms with Crippen LogP contribution in [0.2, 0.25) is 0 Å². The summed E-state index contributed by atoms with van der Waals surface area (Å²) in [5.41, 5.74) is 1.42. The Kier molecular flexibility index (Phi) is 2.17. The predicted octanol–water partition coefficient (Wildman–Crippen LogP) is 1.40. The zero-order valence-electron chi connectivity index (χ0n) is 8.72. The molecule has 0 atom stereocenters. The van der Waals surface area contributed by atoms with Crippen molar-refractivity contribution in [1.82, 2.24) is 0 Å². The summed E-state index contributed by atoms with van der Waals surface area (Å²) in [5.74, 6) is -0.362. The summed E-state index contributed by atoms with van der Waals surface area (Å²) in [6.07, 6.45) is 0. The van der Waals surface area contributed by atoms with Gasteiger partial charge in [0.05, 0.1) is 0 Å². The molecule has 2 N–H and O–H groups in total. The van der Waals surface area contributed by atoms with Crippen LogP contribution in [-0.2, 0) is 0 Å². The van der Waals surface area contributed by atoms with Gasteiger partial charge in [-0.3, -0.25) is 0 Å². The van der Waals surface area contributed by atoms with Gasteiger partial charge in [-0.2, -0.15) is 0 Å². The van der Waals surface area contributed by atoms with E-state index in [0.29, 0.717) is 16.6 Å². The van der Waals surface area contributed by atoms with Crippen molar-refractivity contribution >= 4 is 34.5 Å². The number of benzene rings is 2. The molecule has 3 nitrogen and oxygen atoms in total. The molecule has 0 saturated carbocycles. The number of rotatable bonds is 1. The Bertz CT molecular complexity index is 705. The first kappa shape index (κ1) is 10.3. The molecule has 17 heavy (non-hydrogen) atoms. The molecule has 5 heteroatoms. The van der Waals surface area contributed by atoms with Crippen molar-refractivity contribution < 1.29 is 18.9 Å². The van der Waals surface area contributed by atoms with Gasteiger partial charge in [-0.25, -0.2) is 4.39 Å². The highest BCUT2D eigenvalue weighted by Crippen LogP contribution is 2.28. The van der Waals surface area contributed by atoms with E-state index < -0.39 is 7.12 Å². The first-order valence-electron chi connectivity index (χ1n) is 5.13. The average Bonchev–Trinajstić information content (AvgIpc) is 2.64. The predicted molar refractivity (Wildman–Crippen MR) is 63.5 cm³/mol. The zero-order valence-corrected chi connectivity index (χ0v) is 8.72. The molecule has 0 aliphatic rings. The summed E-state index contributed by atoms with van der Waals surface area (Å²) in [6.45, 7) is 0. The molecule has 0 amide bonds. The van der Waals surface area contributed by atoms with Gasteiger partial charge in [0.25, 0.3) is 0 Å². The molecular formula is C12H8BFO3. The molecule has 1 heterocycles. The molecule has 0 fully saturated rings. The number of halogens is 1. The summed E-state index contributed by atoms with van der Waals surface area (Å²) in [5, 5.41) is 19.7. The van der Waals surface area contributed by atoms with Gasteiger partial charge in [0.15, 0.2) is 0 Å². The fourth-order valence-electron chi connectivity index (χ4n) is 1.93. The highest BCUT2D eigenvalue weighted by Gasteiger charge is 2.14. The Morgan fingerprint density at radius 1 is 0.941 bits per heavy atom. The van der Waals surface area contributed by atoms with E-state index in [1.807, 2.05) is 0 Å². The van der Waals surface area contributed by atoms with Gasteiger partial charge < -0.3 is 14.5 Å². The molecule has 0 unspecified atom stereocenters. The third-order valence-electron chi connectivity index (χ3n) is 2.76. The molecule has 3 rings (SSSR count). The van der Waals surface area contributed by atoms with Crippen LogP contribution in [0.15, 0.2) is 40.8 Å². The molecule has 0 aliphatic heterocycles. The lowest BCUT2D eigenvalue weighted by molar-refractivity contribution is 0.426. The van der Waals surface area contributed by atoms with Crippen molar-refractivity contribution in [2.75, 3.05) is 0 Å². The van der Waals surface area contributed by atoms with Crippen molar-refractivity contribution in [3.05, 3.63) is 42.2 Å². The van der Waals surface area contributed by atoms with E-state index in [2.05, 4.69) is 0 Å². The molecule has 0 radical (unpaired) electrons. The van der Waals surface area contributed by atoms with Gasteiger partial charge in [0.2, 0.25) is 0 Å². The van der Waals surface area contributed by atoms with Crippen molar-refractivity contribution in [2.24, 2.45) is 0 Å². The maximum absolute atomic E-state index is 13.0. The molecule has 3 aromatic rings. The standard InChI is InChI=1S/C12H8BFO3/c14-8-2-3-9-10-5-7(13(15)16)1-4-11(10)17-12(9)6-8/h1-6,15-16H. The average molecular weight is 230 g/mol. The Hall–Kier alpha value is -1.85. The van der Waals surface area contributed by atoms with Gasteiger partial charge in [-0.05, 0) is 23.7 Å². The molecule has 0 spiro atoms. The summed E-state index contributed by atoms with van der Waals surface area (Å²) < 4.78 is 18.5. The minimum atomic E-state index is -1.52. The van der Waals surface area contributed by atoms with Crippen LogP contribution in [0, 0.1) is 5.82 Å². The second-order valence-corrected chi connectivity index (χ2v) is 3.87. The van der Waals surface area contributed by atoms with Crippen LogP contribution in [0.25, 0.3) is 21.9 Å². The topological polar surface area (TPSA) is 53.6 Å². The monoisotopic (exact) mass is 230 g/mol. The highest BCUT2D eigenvalue weighted by atomic mass is 19.1. The summed E-state index contributed by atoms with van der Waals surface area (Å²) >= 11 is 0. The first-order valence-corrected chi connectivity index (χ1v) is 5.13. The quantitative estimate of drug-likeness (QED) is 0.621. The van der Waals surface area contributed by atoms with Crippen molar-refractivity contribution in [1.29, 1.82) is 0 Å². The molecular weight excluding hydrogens is 222 g/mol. The Morgan fingerprint density at radius 2 is 1.76 bits per heavy atom. The summed E-state index contributed by atoms with van der Waals surface area (Å²) in [6, 6.07) is 9.10. The van der Waals surface area contributed by atoms with Gasteiger partial charge in [0, 0.05) is 16.8 Å². The maximum atomic E-state index is 13.0. The van der Waals surface area contributed by atoms with Crippen molar-refractivity contribution in [3.8, 4) is 0 Å². The van der Waals surface area contributed by atoms with E-state index >= 15 is 0 Å². The maximum Gasteiger partial charge on any atom is 0.488 e. The Labute approximate surface area is 96.2 Å². The Balaban J connectivity index is 2.37. The molecule has 0 bridgehead atoms. The molecule has 1 aromatic heterocycles. The SMILES string of the molecule is OB(O)c1ccc2oc3cc(F)ccc3c2c1. The van der Waals surface area contributed by atoms with E-state index in [9.17, 15) is 4.39 Å². The number of hydrogen-bond acceptors (Lipinski definition) is 3. The lowest BCUT2D eigenvalue weighted by Crippen LogP contribution is -2.29. The van der Waals surface area contributed by atoms with Crippen LogP contribution < -0.4 is 5.46 Å². The normalized spacial score (nSPS) is 11.2. The smallest absolute Gasteiger partial charge is 0.456 e. The zero-order chi connectivity index (χ0) is 12.0. The van der Waals surface area contributed by atoms with Crippen molar-refractivity contribution in [3.63, 3.8) is 0 Å². The third-order valence-corrected chi connectivity index (χ3v) is 2.76. The van der Waals surface area contributed by atoms with Crippen LogP contribution >= 0.6 is 0 Å². The minimum Gasteiger partial charge on any atom is -0.456 e. The Morgan fingerprint density at radius 3 is 2.53 bits per heavy atom. The highest BCUT2D eigenvalue weighted by molar-refractivity contribution is 6.59. The van der Waals surface area contributed by atoms with Crippen LogP contribution in [-0.4, -0.2) is 17.2 Å². The van der Waals surface area contributed by atoms with Crippen LogP contribution in [0.3, 0.4) is 0 Å². The van der Waals surface area contributed by atoms with E-state index in [0.717, 1.165) is 10.8 Å². The van der Waals surface area contributed by atoms with Gasteiger partial charge in [-0.1, -0.05) is 12.1 Å². The first-order chi connectivity index (χ1) is 8.15. The third kappa shape index (κ3) is 1.60. The number of hydrogen-bond donors (Lipinski definition) is 2. The molecule has 2 aromatic carbocycles. The van der Waals surface area contributed by atoms with Crippen LogP contribution in [0.5, 0.6) is 0 Å². The molecule has 0 saturated heterocycles. The number of furan rings is 1. The fraction of sp³-hybridized carbons (Fsp3) is 0. The minimum absolute atomic E-state index is 0.362. The van der Waals surface area contributed by atoms with Gasteiger partial charge in [0.1, 0.15) is 17.0 Å². The molecule has 84 valence electrons. The number of fused-ring (bicyclic) bond motifs is 3. The molecule has 0 aliphatic carbocycles. The van der Waals surface area contributed by atoms with E-state index in [4.69, 9.17) is 14.5 Å². The van der Waals surface area contributed by atoms with Crippen LogP contribution in [0.1, 0.15) is 0 Å². The van der Waals surface area contributed by atoms with Crippen LogP contribution in [0.4, 0.5) is 4.39 Å². The second-order valence-electron chi connectivity index (χ2n) is 3.87. The van der Waals surface area contributed by atoms with E-state index in [1.165, 1.54) is 12.1 Å². The van der Waals surface area contributed by atoms with E-state index in [-0.39, 0.29) is 5.82 Å². The van der Waals surface area contributed by atoms with E-state index in [1.54, 1.807) is 24.3 Å². The lowest BCUT2D eigenvalue weighted by atomic mass is 9.80. The summed E-state index contributed by atoms with van der Waals surface area (Å²) in [7, 11) is -1.52. The summed E-state index contributed by atoms with van der Waals surface area (Å²) in [4.78, 5) is 0. The largest absolute Gasteiger partial charge is 0.488 e. The van der Waals surface area contributed by atoms with Gasteiger partial charge in [-0.15, -0.1) is 0 Å².